The lowest BCUT2D eigenvalue weighted by Gasteiger charge is -2.09. The van der Waals surface area contributed by atoms with Crippen LogP contribution in [0.15, 0.2) is 48.5 Å². The molecular formula is C19H20ClNO4. The number of hydrogen-bond acceptors (Lipinski definition) is 4. The zero-order chi connectivity index (χ0) is 18.1. The maximum absolute atomic E-state index is 11.8. The van der Waals surface area contributed by atoms with Crippen LogP contribution >= 0.6 is 11.6 Å². The van der Waals surface area contributed by atoms with E-state index >= 15 is 0 Å². The minimum Gasteiger partial charge on any atom is -0.496 e. The van der Waals surface area contributed by atoms with E-state index in [2.05, 4.69) is 5.32 Å². The normalized spacial score (nSPS) is 10.2. The number of rotatable bonds is 8. The van der Waals surface area contributed by atoms with Crippen LogP contribution in [0.5, 0.6) is 5.75 Å². The highest BCUT2D eigenvalue weighted by Crippen LogP contribution is 2.18. The number of nitrogens with one attached hydrogen (secondary N) is 1. The standard InChI is InChI=1S/C19H20ClNO4/c1-24-17-5-3-2-4-15(17)12-19(23)25-13-18(22)21-11-10-14-6-8-16(20)9-7-14/h2-9H,10-13H2,1H3,(H,21,22). The molecule has 0 spiro atoms. The molecular weight excluding hydrogens is 342 g/mol. The molecule has 6 heteroatoms. The molecule has 0 bridgehead atoms. The number of carbonyl (C=O) groups excluding carboxylic acids is 2. The van der Waals surface area contributed by atoms with Crippen LogP contribution in [-0.4, -0.2) is 32.1 Å². The lowest BCUT2D eigenvalue weighted by atomic mass is 10.1. The second kappa shape index (κ2) is 9.69. The number of carbonyl (C=O) groups is 2. The fourth-order valence-electron chi connectivity index (χ4n) is 2.25. The van der Waals surface area contributed by atoms with E-state index in [4.69, 9.17) is 21.1 Å². The second-order valence-electron chi connectivity index (χ2n) is 5.38. The third-order valence-electron chi connectivity index (χ3n) is 3.54. The molecule has 1 amide bonds. The predicted octanol–water partition coefficient (Wildman–Crippen LogP) is 2.79. The van der Waals surface area contributed by atoms with Crippen LogP contribution in [-0.2, 0) is 27.2 Å². The van der Waals surface area contributed by atoms with Gasteiger partial charge in [-0.25, -0.2) is 0 Å². The summed E-state index contributed by atoms with van der Waals surface area (Å²) >= 11 is 5.82. The van der Waals surface area contributed by atoms with Gasteiger partial charge >= 0.3 is 5.97 Å². The van der Waals surface area contributed by atoms with Crippen LogP contribution in [0.2, 0.25) is 5.02 Å². The molecule has 0 aliphatic carbocycles. The summed E-state index contributed by atoms with van der Waals surface area (Å²) in [5.74, 6) is -0.188. The molecule has 0 aliphatic heterocycles. The molecule has 0 unspecified atom stereocenters. The molecule has 132 valence electrons. The maximum Gasteiger partial charge on any atom is 0.310 e. The summed E-state index contributed by atoms with van der Waals surface area (Å²) in [5, 5.41) is 3.39. The van der Waals surface area contributed by atoms with Gasteiger partial charge in [0.15, 0.2) is 6.61 Å². The predicted molar refractivity (Wildman–Crippen MR) is 95.8 cm³/mol. The molecule has 2 aromatic carbocycles. The van der Waals surface area contributed by atoms with Gasteiger partial charge in [0.2, 0.25) is 0 Å². The highest BCUT2D eigenvalue weighted by molar-refractivity contribution is 6.30. The first-order valence-corrected chi connectivity index (χ1v) is 8.25. The third-order valence-corrected chi connectivity index (χ3v) is 3.79. The van der Waals surface area contributed by atoms with Gasteiger partial charge in [0.05, 0.1) is 13.5 Å². The van der Waals surface area contributed by atoms with Crippen molar-refractivity contribution in [3.63, 3.8) is 0 Å². The Hall–Kier alpha value is -2.53. The van der Waals surface area contributed by atoms with Gasteiger partial charge in [0, 0.05) is 17.1 Å². The van der Waals surface area contributed by atoms with Crippen LogP contribution in [0.3, 0.4) is 0 Å². The fraction of sp³-hybridized carbons (Fsp3) is 0.263. The Morgan fingerprint density at radius 2 is 1.80 bits per heavy atom. The summed E-state index contributed by atoms with van der Waals surface area (Å²) in [7, 11) is 1.54. The average molecular weight is 362 g/mol. The van der Waals surface area contributed by atoms with Gasteiger partial charge < -0.3 is 14.8 Å². The summed E-state index contributed by atoms with van der Waals surface area (Å²) in [6, 6.07) is 14.6. The quantitative estimate of drug-likeness (QED) is 0.734. The highest BCUT2D eigenvalue weighted by Gasteiger charge is 2.11. The van der Waals surface area contributed by atoms with Crippen molar-refractivity contribution in [3.8, 4) is 5.75 Å². The molecule has 0 atom stereocenters. The van der Waals surface area contributed by atoms with E-state index < -0.39 is 5.97 Å². The van der Waals surface area contributed by atoms with Crippen molar-refractivity contribution >= 4 is 23.5 Å². The number of amides is 1. The summed E-state index contributed by atoms with van der Waals surface area (Å²) < 4.78 is 10.2. The number of benzene rings is 2. The topological polar surface area (TPSA) is 64.6 Å². The molecule has 0 saturated heterocycles. The van der Waals surface area contributed by atoms with Gasteiger partial charge in [0.1, 0.15) is 5.75 Å². The Balaban J connectivity index is 1.68. The van der Waals surface area contributed by atoms with Crippen LogP contribution < -0.4 is 10.1 Å². The molecule has 1 N–H and O–H groups in total. The van der Waals surface area contributed by atoms with Gasteiger partial charge in [-0.2, -0.15) is 0 Å². The third kappa shape index (κ3) is 6.47. The number of esters is 1. The Morgan fingerprint density at radius 1 is 1.08 bits per heavy atom. The Bertz CT molecular complexity index is 716. The van der Waals surface area contributed by atoms with E-state index in [0.29, 0.717) is 23.7 Å². The Kier molecular flexibility index (Phi) is 7.29. The summed E-state index contributed by atoms with van der Waals surface area (Å²) in [6.45, 7) is 0.166. The summed E-state index contributed by atoms with van der Waals surface area (Å²) in [6.07, 6.45) is 0.736. The van der Waals surface area contributed by atoms with Crippen molar-refractivity contribution in [2.75, 3.05) is 20.3 Å². The zero-order valence-corrected chi connectivity index (χ0v) is 14.7. The molecule has 0 saturated carbocycles. The minimum atomic E-state index is -0.475. The molecule has 0 aromatic heterocycles. The first-order valence-electron chi connectivity index (χ1n) is 7.87. The van der Waals surface area contributed by atoms with Gasteiger partial charge in [0.25, 0.3) is 5.91 Å². The highest BCUT2D eigenvalue weighted by atomic mass is 35.5. The minimum absolute atomic E-state index is 0.0576. The van der Waals surface area contributed by atoms with Gasteiger partial charge in [-0.15, -0.1) is 0 Å². The smallest absolute Gasteiger partial charge is 0.310 e. The Morgan fingerprint density at radius 3 is 2.52 bits per heavy atom. The van der Waals surface area contributed by atoms with E-state index in [1.54, 1.807) is 24.3 Å². The number of para-hydroxylation sites is 1. The van der Waals surface area contributed by atoms with E-state index in [1.807, 2.05) is 24.3 Å². The van der Waals surface area contributed by atoms with Crippen molar-refractivity contribution in [3.05, 3.63) is 64.7 Å². The van der Waals surface area contributed by atoms with Crippen molar-refractivity contribution in [2.45, 2.75) is 12.8 Å². The van der Waals surface area contributed by atoms with E-state index in [1.165, 1.54) is 7.11 Å². The number of hydrogen-bond donors (Lipinski definition) is 1. The second-order valence-corrected chi connectivity index (χ2v) is 5.81. The average Bonchev–Trinajstić information content (AvgIpc) is 2.62. The van der Waals surface area contributed by atoms with Crippen molar-refractivity contribution in [1.29, 1.82) is 0 Å². The lowest BCUT2D eigenvalue weighted by molar-refractivity contribution is -0.147. The lowest BCUT2D eigenvalue weighted by Crippen LogP contribution is -2.30. The van der Waals surface area contributed by atoms with Gasteiger partial charge in [-0.05, 0) is 30.2 Å². The molecule has 2 aromatic rings. The maximum atomic E-state index is 11.8. The van der Waals surface area contributed by atoms with Crippen LogP contribution in [0, 0.1) is 0 Å². The van der Waals surface area contributed by atoms with E-state index in [9.17, 15) is 9.59 Å². The first kappa shape index (κ1) is 18.8. The van der Waals surface area contributed by atoms with Gasteiger partial charge in [-0.1, -0.05) is 41.9 Å². The fourth-order valence-corrected chi connectivity index (χ4v) is 2.38. The monoisotopic (exact) mass is 361 g/mol. The van der Waals surface area contributed by atoms with Crippen molar-refractivity contribution in [1.82, 2.24) is 5.32 Å². The molecule has 0 aliphatic rings. The first-order chi connectivity index (χ1) is 12.1. The summed E-state index contributed by atoms with van der Waals surface area (Å²) in [4.78, 5) is 23.6. The molecule has 25 heavy (non-hydrogen) atoms. The zero-order valence-electron chi connectivity index (χ0n) is 14.0. The van der Waals surface area contributed by atoms with Crippen LogP contribution in [0.4, 0.5) is 0 Å². The summed E-state index contributed by atoms with van der Waals surface area (Å²) in [5.41, 5.74) is 1.79. The van der Waals surface area contributed by atoms with Crippen LogP contribution in [0.1, 0.15) is 11.1 Å². The Labute approximate surface area is 151 Å². The number of halogens is 1. The molecule has 5 nitrogen and oxygen atoms in total. The van der Waals surface area contributed by atoms with E-state index in [0.717, 1.165) is 11.1 Å². The van der Waals surface area contributed by atoms with Crippen molar-refractivity contribution in [2.24, 2.45) is 0 Å². The largest absolute Gasteiger partial charge is 0.496 e. The number of methoxy groups -OCH3 is 1. The van der Waals surface area contributed by atoms with Gasteiger partial charge in [-0.3, -0.25) is 9.59 Å². The van der Waals surface area contributed by atoms with Crippen LogP contribution in [0.25, 0.3) is 0 Å². The SMILES string of the molecule is COc1ccccc1CC(=O)OCC(=O)NCCc1ccc(Cl)cc1. The van der Waals surface area contributed by atoms with Crippen molar-refractivity contribution < 1.29 is 19.1 Å². The molecule has 2 rings (SSSR count). The van der Waals surface area contributed by atoms with E-state index in [-0.39, 0.29) is 18.9 Å². The molecule has 0 heterocycles. The number of ether oxygens (including phenoxy) is 2. The molecule has 0 fully saturated rings. The molecule has 0 radical (unpaired) electrons.